The van der Waals surface area contributed by atoms with Crippen molar-refractivity contribution in [2.45, 2.75) is 34.6 Å². The van der Waals surface area contributed by atoms with Gasteiger partial charge in [-0.2, -0.15) is 0 Å². The largest absolute Gasteiger partial charge is 0.0622 e. The number of aryl methyl sites for hydroxylation is 2. The minimum atomic E-state index is -0.532. The summed E-state index contributed by atoms with van der Waals surface area (Å²) in [4.78, 5) is 0. The van der Waals surface area contributed by atoms with Crippen molar-refractivity contribution in [2.24, 2.45) is 0 Å². The molecule has 1 unspecified atom stereocenters. The van der Waals surface area contributed by atoms with E-state index in [4.69, 9.17) is 0 Å². The highest BCUT2D eigenvalue weighted by Gasteiger charge is 2.21. The van der Waals surface area contributed by atoms with Crippen molar-refractivity contribution in [1.82, 2.24) is 0 Å². The average Bonchev–Trinajstić information content (AvgIpc) is 2.59. The Morgan fingerprint density at radius 2 is 1.12 bits per heavy atom. The van der Waals surface area contributed by atoms with Crippen LogP contribution in [0.15, 0.2) is 60.7 Å². The number of rotatable bonds is 3. The van der Waals surface area contributed by atoms with Crippen LogP contribution in [0.4, 0.5) is 0 Å². The van der Waals surface area contributed by atoms with Gasteiger partial charge in [-0.15, -0.1) is 0 Å². The van der Waals surface area contributed by atoms with Gasteiger partial charge in [-0.05, 0) is 86.3 Å². The first-order chi connectivity index (χ1) is 11.5. The van der Waals surface area contributed by atoms with Gasteiger partial charge in [-0.1, -0.05) is 60.7 Å². The fourth-order valence-electron chi connectivity index (χ4n) is 3.15. The monoisotopic (exact) mass is 332 g/mol. The molecule has 0 saturated carbocycles. The minimum absolute atomic E-state index is 0.532. The summed E-state index contributed by atoms with van der Waals surface area (Å²) in [6.45, 7) is 11.2. The molecule has 3 rings (SSSR count). The predicted molar refractivity (Wildman–Crippen MR) is 109 cm³/mol. The van der Waals surface area contributed by atoms with E-state index in [0.29, 0.717) is 0 Å². The molecule has 3 aromatic rings. The van der Waals surface area contributed by atoms with E-state index in [-0.39, 0.29) is 0 Å². The van der Waals surface area contributed by atoms with Crippen molar-refractivity contribution in [3.63, 3.8) is 0 Å². The molecular formula is C23H25P. The quantitative estimate of drug-likeness (QED) is 0.593. The van der Waals surface area contributed by atoms with Crippen LogP contribution in [-0.4, -0.2) is 0 Å². The number of benzene rings is 3. The maximum atomic E-state index is 2.35. The first-order valence-corrected chi connectivity index (χ1v) is 9.83. The smallest absolute Gasteiger partial charge is 0.0119 e. The third kappa shape index (κ3) is 3.04. The first kappa shape index (κ1) is 16.9. The van der Waals surface area contributed by atoms with Crippen molar-refractivity contribution in [2.75, 3.05) is 0 Å². The molecule has 0 spiro atoms. The summed E-state index contributed by atoms with van der Waals surface area (Å²) in [7, 11) is -0.532. The standard InChI is InChI=1S/C23H25P/c1-16-10-9-13-22(19(16)4)24(21-11-7-6-8-12-21)23-15-14-17(2)18(3)20(23)5/h6-15H,1-5H3. The molecule has 0 nitrogen and oxygen atoms in total. The zero-order chi connectivity index (χ0) is 17.3. The van der Waals surface area contributed by atoms with E-state index in [1.165, 1.54) is 43.7 Å². The molecule has 0 aliphatic heterocycles. The van der Waals surface area contributed by atoms with Gasteiger partial charge in [0.05, 0.1) is 0 Å². The van der Waals surface area contributed by atoms with Gasteiger partial charge >= 0.3 is 0 Å². The SMILES string of the molecule is Cc1cccc(P(c2ccccc2)c2ccc(C)c(C)c2C)c1C. The summed E-state index contributed by atoms with van der Waals surface area (Å²) in [6, 6.07) is 22.3. The fraction of sp³-hybridized carbons (Fsp3) is 0.217. The Hall–Kier alpha value is -1.91. The third-order valence-electron chi connectivity index (χ3n) is 5.10. The maximum Gasteiger partial charge on any atom is -0.0119 e. The molecule has 0 fully saturated rings. The minimum Gasteiger partial charge on any atom is -0.0622 e. The average molecular weight is 332 g/mol. The Labute approximate surface area is 147 Å². The van der Waals surface area contributed by atoms with Crippen LogP contribution in [0, 0.1) is 34.6 Å². The normalized spacial score (nSPS) is 12.2. The lowest BCUT2D eigenvalue weighted by molar-refractivity contribution is 1.28. The van der Waals surface area contributed by atoms with Crippen molar-refractivity contribution < 1.29 is 0 Å². The summed E-state index contributed by atoms with van der Waals surface area (Å²) < 4.78 is 0. The molecule has 0 N–H and O–H groups in total. The molecule has 0 saturated heterocycles. The van der Waals surface area contributed by atoms with E-state index in [1.807, 2.05) is 0 Å². The predicted octanol–water partition coefficient (Wildman–Crippen LogP) is 4.99. The molecule has 24 heavy (non-hydrogen) atoms. The second-order valence-corrected chi connectivity index (χ2v) is 8.69. The molecule has 0 bridgehead atoms. The van der Waals surface area contributed by atoms with Crippen LogP contribution >= 0.6 is 7.92 Å². The molecule has 0 aromatic heterocycles. The van der Waals surface area contributed by atoms with Gasteiger partial charge in [0.1, 0.15) is 0 Å². The molecule has 0 aliphatic carbocycles. The second kappa shape index (κ2) is 6.91. The maximum absolute atomic E-state index is 2.35. The van der Waals surface area contributed by atoms with Crippen LogP contribution in [0.3, 0.4) is 0 Å². The van der Waals surface area contributed by atoms with Crippen molar-refractivity contribution in [3.05, 3.63) is 88.5 Å². The van der Waals surface area contributed by atoms with Gasteiger partial charge in [-0.3, -0.25) is 0 Å². The number of hydrogen-bond acceptors (Lipinski definition) is 0. The lowest BCUT2D eigenvalue weighted by Gasteiger charge is -2.25. The molecule has 122 valence electrons. The highest BCUT2D eigenvalue weighted by Crippen LogP contribution is 2.36. The third-order valence-corrected chi connectivity index (χ3v) is 7.85. The van der Waals surface area contributed by atoms with Crippen LogP contribution in [0.1, 0.15) is 27.8 Å². The van der Waals surface area contributed by atoms with Crippen LogP contribution in [0.5, 0.6) is 0 Å². The first-order valence-electron chi connectivity index (χ1n) is 8.49. The van der Waals surface area contributed by atoms with Crippen LogP contribution in [-0.2, 0) is 0 Å². The Kier molecular flexibility index (Phi) is 4.88. The molecule has 0 radical (unpaired) electrons. The topological polar surface area (TPSA) is 0 Å². The summed E-state index contributed by atoms with van der Waals surface area (Å²) >= 11 is 0. The zero-order valence-electron chi connectivity index (χ0n) is 15.2. The molecule has 0 heterocycles. The van der Waals surface area contributed by atoms with Crippen molar-refractivity contribution in [1.29, 1.82) is 0 Å². The van der Waals surface area contributed by atoms with E-state index in [9.17, 15) is 0 Å². The van der Waals surface area contributed by atoms with Crippen molar-refractivity contribution >= 4 is 23.8 Å². The van der Waals surface area contributed by atoms with E-state index in [2.05, 4.69) is 95.3 Å². The number of hydrogen-bond donors (Lipinski definition) is 0. The summed E-state index contributed by atoms with van der Waals surface area (Å²) in [5, 5.41) is 4.38. The fourth-order valence-corrected chi connectivity index (χ4v) is 5.91. The van der Waals surface area contributed by atoms with Gasteiger partial charge in [0.2, 0.25) is 0 Å². The van der Waals surface area contributed by atoms with Gasteiger partial charge in [0.15, 0.2) is 0 Å². The highest BCUT2D eigenvalue weighted by atomic mass is 31.1. The lowest BCUT2D eigenvalue weighted by Crippen LogP contribution is -2.25. The second-order valence-electron chi connectivity index (χ2n) is 6.54. The highest BCUT2D eigenvalue weighted by molar-refractivity contribution is 7.80. The zero-order valence-corrected chi connectivity index (χ0v) is 16.1. The van der Waals surface area contributed by atoms with E-state index < -0.39 is 7.92 Å². The van der Waals surface area contributed by atoms with Gasteiger partial charge in [0.25, 0.3) is 0 Å². The van der Waals surface area contributed by atoms with Gasteiger partial charge in [0, 0.05) is 0 Å². The van der Waals surface area contributed by atoms with Crippen molar-refractivity contribution in [3.8, 4) is 0 Å². The molecule has 1 atom stereocenters. The molecule has 3 aromatic carbocycles. The summed E-state index contributed by atoms with van der Waals surface area (Å²) in [5.74, 6) is 0. The lowest BCUT2D eigenvalue weighted by atomic mass is 10.1. The van der Waals surface area contributed by atoms with Crippen LogP contribution < -0.4 is 15.9 Å². The molecule has 0 aliphatic rings. The molecule has 0 amide bonds. The summed E-state index contributed by atoms with van der Waals surface area (Å²) in [6.07, 6.45) is 0. The molecule has 1 heteroatoms. The van der Waals surface area contributed by atoms with Crippen LogP contribution in [0.2, 0.25) is 0 Å². The Balaban J connectivity index is 2.28. The van der Waals surface area contributed by atoms with Gasteiger partial charge in [-0.25, -0.2) is 0 Å². The van der Waals surface area contributed by atoms with E-state index in [0.717, 1.165) is 0 Å². The van der Waals surface area contributed by atoms with Gasteiger partial charge < -0.3 is 0 Å². The Bertz CT molecular complexity index is 863. The van der Waals surface area contributed by atoms with E-state index in [1.54, 1.807) is 0 Å². The van der Waals surface area contributed by atoms with Crippen LogP contribution in [0.25, 0.3) is 0 Å². The molecular weight excluding hydrogens is 307 g/mol. The Morgan fingerprint density at radius 3 is 1.83 bits per heavy atom. The van der Waals surface area contributed by atoms with E-state index >= 15 is 0 Å². The summed E-state index contributed by atoms with van der Waals surface area (Å²) in [5.41, 5.74) is 7.02. The Morgan fingerprint density at radius 1 is 0.500 bits per heavy atom.